The van der Waals surface area contributed by atoms with Crippen molar-refractivity contribution in [2.45, 2.75) is 19.8 Å². The van der Waals surface area contributed by atoms with E-state index in [1.807, 2.05) is 49.4 Å². The van der Waals surface area contributed by atoms with E-state index in [1.54, 1.807) is 0 Å². The fourth-order valence-electron chi connectivity index (χ4n) is 1.17. The lowest BCUT2D eigenvalue weighted by Crippen LogP contribution is -2.02. The third-order valence-electron chi connectivity index (χ3n) is 1.90. The molecule has 2 heteroatoms. The van der Waals surface area contributed by atoms with Gasteiger partial charge in [0, 0.05) is 6.42 Å². The van der Waals surface area contributed by atoms with E-state index < -0.39 is 0 Å². The van der Waals surface area contributed by atoms with E-state index in [4.69, 9.17) is 4.74 Å². The zero-order valence-corrected chi connectivity index (χ0v) is 8.98. The van der Waals surface area contributed by atoms with Gasteiger partial charge in [0.25, 0.3) is 0 Å². The number of esters is 1. The van der Waals surface area contributed by atoms with Gasteiger partial charge in [-0.1, -0.05) is 43.3 Å². The Morgan fingerprint density at radius 3 is 2.73 bits per heavy atom. The molecule has 2 nitrogen and oxygen atoms in total. The van der Waals surface area contributed by atoms with Crippen LogP contribution in [0.2, 0.25) is 0 Å². The molecule has 0 saturated carbocycles. The monoisotopic (exact) mass is 204 g/mol. The van der Waals surface area contributed by atoms with E-state index in [2.05, 4.69) is 0 Å². The van der Waals surface area contributed by atoms with Gasteiger partial charge in [-0.3, -0.25) is 4.79 Å². The highest BCUT2D eigenvalue weighted by Crippen LogP contribution is 2.00. The second-order valence-corrected chi connectivity index (χ2v) is 3.25. The van der Waals surface area contributed by atoms with Gasteiger partial charge in [0.2, 0.25) is 0 Å². The SMILES string of the molecule is CCCC(=O)OC/C=C/c1ccccc1. The molecular weight excluding hydrogens is 188 g/mol. The molecule has 80 valence electrons. The minimum Gasteiger partial charge on any atom is -0.461 e. The maximum atomic E-state index is 11.0. The molecule has 0 bridgehead atoms. The van der Waals surface area contributed by atoms with Gasteiger partial charge in [0.05, 0.1) is 0 Å². The van der Waals surface area contributed by atoms with Crippen LogP contribution in [0.15, 0.2) is 36.4 Å². The highest BCUT2D eigenvalue weighted by molar-refractivity contribution is 5.69. The number of hydrogen-bond acceptors (Lipinski definition) is 2. The van der Waals surface area contributed by atoms with Crippen LogP contribution in [0.25, 0.3) is 6.08 Å². The van der Waals surface area contributed by atoms with E-state index in [9.17, 15) is 4.79 Å². The van der Waals surface area contributed by atoms with E-state index in [-0.39, 0.29) is 5.97 Å². The molecule has 0 heterocycles. The molecule has 0 amide bonds. The lowest BCUT2D eigenvalue weighted by atomic mass is 10.2. The van der Waals surface area contributed by atoms with Crippen LogP contribution in [0.1, 0.15) is 25.3 Å². The second-order valence-electron chi connectivity index (χ2n) is 3.25. The molecule has 0 aliphatic carbocycles. The molecule has 0 N–H and O–H groups in total. The number of ether oxygens (including phenoxy) is 1. The van der Waals surface area contributed by atoms with Gasteiger partial charge in [-0.15, -0.1) is 0 Å². The zero-order chi connectivity index (χ0) is 10.9. The van der Waals surface area contributed by atoms with E-state index in [1.165, 1.54) is 0 Å². The first-order valence-corrected chi connectivity index (χ1v) is 5.20. The first kappa shape index (κ1) is 11.5. The Morgan fingerprint density at radius 2 is 2.07 bits per heavy atom. The van der Waals surface area contributed by atoms with Gasteiger partial charge >= 0.3 is 5.97 Å². The minimum absolute atomic E-state index is 0.129. The van der Waals surface area contributed by atoms with Crippen LogP contribution in [-0.2, 0) is 9.53 Å². The van der Waals surface area contributed by atoms with Crippen molar-refractivity contribution in [3.63, 3.8) is 0 Å². The lowest BCUT2D eigenvalue weighted by Gasteiger charge is -1.98. The van der Waals surface area contributed by atoms with Gasteiger partial charge in [-0.25, -0.2) is 0 Å². The molecule has 0 aliphatic rings. The Labute approximate surface area is 90.6 Å². The average Bonchev–Trinajstić information content (AvgIpc) is 2.26. The Balaban J connectivity index is 2.26. The van der Waals surface area contributed by atoms with Crippen LogP contribution >= 0.6 is 0 Å². The van der Waals surface area contributed by atoms with Gasteiger partial charge in [0.1, 0.15) is 6.61 Å². The fourth-order valence-corrected chi connectivity index (χ4v) is 1.17. The molecule has 0 fully saturated rings. The summed E-state index contributed by atoms with van der Waals surface area (Å²) in [5, 5.41) is 0. The summed E-state index contributed by atoms with van der Waals surface area (Å²) in [6.45, 7) is 2.31. The number of rotatable bonds is 5. The van der Waals surface area contributed by atoms with Crippen LogP contribution in [0.5, 0.6) is 0 Å². The predicted molar refractivity (Wildman–Crippen MR) is 61.3 cm³/mol. The van der Waals surface area contributed by atoms with Gasteiger partial charge in [-0.2, -0.15) is 0 Å². The minimum atomic E-state index is -0.129. The maximum Gasteiger partial charge on any atom is 0.306 e. The van der Waals surface area contributed by atoms with Crippen LogP contribution in [-0.4, -0.2) is 12.6 Å². The summed E-state index contributed by atoms with van der Waals surface area (Å²) < 4.78 is 4.98. The topological polar surface area (TPSA) is 26.3 Å². The summed E-state index contributed by atoms with van der Waals surface area (Å²) in [5.41, 5.74) is 1.11. The van der Waals surface area contributed by atoms with E-state index in [0.29, 0.717) is 13.0 Å². The molecular formula is C13H16O2. The third-order valence-corrected chi connectivity index (χ3v) is 1.90. The van der Waals surface area contributed by atoms with Crippen LogP contribution in [0.3, 0.4) is 0 Å². The summed E-state index contributed by atoms with van der Waals surface area (Å²) in [7, 11) is 0. The number of carbonyl (C=O) groups excluding carboxylic acids is 1. The molecule has 15 heavy (non-hydrogen) atoms. The predicted octanol–water partition coefficient (Wildman–Crippen LogP) is 3.04. The zero-order valence-electron chi connectivity index (χ0n) is 8.98. The number of hydrogen-bond donors (Lipinski definition) is 0. The highest BCUT2D eigenvalue weighted by atomic mass is 16.5. The van der Waals surface area contributed by atoms with Crippen molar-refractivity contribution in [2.24, 2.45) is 0 Å². The summed E-state index contributed by atoms with van der Waals surface area (Å²) in [4.78, 5) is 11.0. The molecule has 0 aromatic heterocycles. The molecule has 0 atom stereocenters. The number of carbonyl (C=O) groups is 1. The van der Waals surface area contributed by atoms with Crippen molar-refractivity contribution in [3.8, 4) is 0 Å². The molecule has 0 saturated heterocycles. The molecule has 0 aliphatic heterocycles. The quantitative estimate of drug-likeness (QED) is 0.689. The van der Waals surface area contributed by atoms with E-state index in [0.717, 1.165) is 12.0 Å². The highest BCUT2D eigenvalue weighted by Gasteiger charge is 1.97. The summed E-state index contributed by atoms with van der Waals surface area (Å²) in [6.07, 6.45) is 5.13. The van der Waals surface area contributed by atoms with Crippen LogP contribution < -0.4 is 0 Å². The largest absolute Gasteiger partial charge is 0.461 e. The van der Waals surface area contributed by atoms with E-state index >= 15 is 0 Å². The molecule has 1 aromatic rings. The van der Waals surface area contributed by atoms with Crippen molar-refractivity contribution in [2.75, 3.05) is 6.61 Å². The molecule has 1 rings (SSSR count). The second kappa shape index (κ2) is 6.82. The van der Waals surface area contributed by atoms with Gasteiger partial charge < -0.3 is 4.74 Å². The summed E-state index contributed by atoms with van der Waals surface area (Å²) >= 11 is 0. The van der Waals surface area contributed by atoms with Crippen LogP contribution in [0, 0.1) is 0 Å². The average molecular weight is 204 g/mol. The van der Waals surface area contributed by atoms with Crippen molar-refractivity contribution in [1.29, 1.82) is 0 Å². The first-order chi connectivity index (χ1) is 7.33. The van der Waals surface area contributed by atoms with Crippen molar-refractivity contribution in [3.05, 3.63) is 42.0 Å². The fraction of sp³-hybridized carbons (Fsp3) is 0.308. The standard InChI is InChI=1S/C13H16O2/c1-2-7-13(14)15-11-6-10-12-8-4-3-5-9-12/h3-6,8-10H,2,7,11H2,1H3/b10-6+. The molecule has 0 radical (unpaired) electrons. The Kier molecular flexibility index (Phi) is 5.23. The van der Waals surface area contributed by atoms with Crippen molar-refractivity contribution in [1.82, 2.24) is 0 Å². The third kappa shape index (κ3) is 5.01. The summed E-state index contributed by atoms with van der Waals surface area (Å²) in [6, 6.07) is 9.93. The smallest absolute Gasteiger partial charge is 0.306 e. The number of benzene rings is 1. The Bertz CT molecular complexity index is 315. The van der Waals surface area contributed by atoms with Crippen molar-refractivity contribution < 1.29 is 9.53 Å². The lowest BCUT2D eigenvalue weighted by molar-refractivity contribution is -0.142. The first-order valence-electron chi connectivity index (χ1n) is 5.20. The Hall–Kier alpha value is -1.57. The van der Waals surface area contributed by atoms with Crippen LogP contribution in [0.4, 0.5) is 0 Å². The molecule has 0 unspecified atom stereocenters. The Morgan fingerprint density at radius 1 is 1.33 bits per heavy atom. The van der Waals surface area contributed by atoms with Gasteiger partial charge in [0.15, 0.2) is 0 Å². The molecule has 1 aromatic carbocycles. The molecule has 0 spiro atoms. The van der Waals surface area contributed by atoms with Gasteiger partial charge in [-0.05, 0) is 18.1 Å². The maximum absolute atomic E-state index is 11.0. The summed E-state index contributed by atoms with van der Waals surface area (Å²) in [5.74, 6) is -0.129. The van der Waals surface area contributed by atoms with Crippen molar-refractivity contribution >= 4 is 12.0 Å². The normalized spacial score (nSPS) is 10.5.